The number of benzene rings is 1. The van der Waals surface area contributed by atoms with E-state index in [9.17, 15) is 9.50 Å². The highest BCUT2D eigenvalue weighted by atomic mass is 19.1. The molecule has 0 bridgehead atoms. The van der Waals surface area contributed by atoms with E-state index < -0.39 is 6.10 Å². The molecule has 0 aromatic heterocycles. The van der Waals surface area contributed by atoms with Crippen LogP contribution in [0.4, 0.5) is 4.39 Å². The first kappa shape index (κ1) is 16.1. The summed E-state index contributed by atoms with van der Waals surface area (Å²) in [6, 6.07) is 6.38. The molecule has 2 unspecified atom stereocenters. The van der Waals surface area contributed by atoms with E-state index >= 15 is 0 Å². The Morgan fingerprint density at radius 2 is 1.95 bits per heavy atom. The number of unbranched alkanes of at least 4 members (excludes halogenated alkanes) is 4. The Bertz CT molecular complexity index is 356. The van der Waals surface area contributed by atoms with Gasteiger partial charge in [0.2, 0.25) is 0 Å². The highest BCUT2D eigenvalue weighted by Gasteiger charge is 2.19. The third-order valence-corrected chi connectivity index (χ3v) is 3.60. The molecule has 1 aromatic carbocycles. The Morgan fingerprint density at radius 3 is 2.58 bits per heavy atom. The van der Waals surface area contributed by atoms with E-state index in [0.717, 1.165) is 24.8 Å². The second-order valence-electron chi connectivity index (χ2n) is 5.17. The van der Waals surface area contributed by atoms with E-state index in [1.165, 1.54) is 31.4 Å². The van der Waals surface area contributed by atoms with Crippen LogP contribution in [0.2, 0.25) is 0 Å². The molecule has 0 aliphatic heterocycles. The van der Waals surface area contributed by atoms with Gasteiger partial charge in [-0.05, 0) is 24.1 Å². The van der Waals surface area contributed by atoms with E-state index in [-0.39, 0.29) is 11.7 Å². The van der Waals surface area contributed by atoms with Gasteiger partial charge in [0, 0.05) is 12.5 Å². The Balaban J connectivity index is 2.45. The molecule has 3 N–H and O–H groups in total. The highest BCUT2D eigenvalue weighted by molar-refractivity contribution is 5.22. The number of aliphatic hydroxyl groups excluding tert-OH is 1. The summed E-state index contributed by atoms with van der Waals surface area (Å²) in [5.74, 6) is -0.437. The second-order valence-corrected chi connectivity index (χ2v) is 5.17. The van der Waals surface area contributed by atoms with Crippen LogP contribution in [-0.2, 0) is 0 Å². The summed E-state index contributed by atoms with van der Waals surface area (Å²) in [7, 11) is 0. The molecule has 0 saturated heterocycles. The van der Waals surface area contributed by atoms with Crippen LogP contribution in [0.5, 0.6) is 0 Å². The third kappa shape index (κ3) is 5.70. The van der Waals surface area contributed by atoms with Crippen molar-refractivity contribution in [1.82, 2.24) is 0 Å². The molecule has 0 heterocycles. The lowest BCUT2D eigenvalue weighted by molar-refractivity contribution is 0.132. The van der Waals surface area contributed by atoms with Crippen molar-refractivity contribution in [2.24, 2.45) is 5.73 Å². The van der Waals surface area contributed by atoms with Crippen LogP contribution in [0.3, 0.4) is 0 Å². The number of halogens is 1. The Morgan fingerprint density at radius 1 is 1.21 bits per heavy atom. The largest absolute Gasteiger partial charge is 0.392 e. The molecule has 19 heavy (non-hydrogen) atoms. The Kier molecular flexibility index (Phi) is 7.68. The smallest absolute Gasteiger partial charge is 0.123 e. The van der Waals surface area contributed by atoms with E-state index in [1.54, 1.807) is 6.07 Å². The van der Waals surface area contributed by atoms with Gasteiger partial charge in [-0.3, -0.25) is 0 Å². The first-order chi connectivity index (χ1) is 9.19. The van der Waals surface area contributed by atoms with Crippen molar-refractivity contribution in [2.75, 3.05) is 6.54 Å². The highest BCUT2D eigenvalue weighted by Crippen LogP contribution is 2.23. The van der Waals surface area contributed by atoms with Gasteiger partial charge < -0.3 is 10.8 Å². The van der Waals surface area contributed by atoms with Crippen LogP contribution >= 0.6 is 0 Å². The monoisotopic (exact) mass is 267 g/mol. The van der Waals surface area contributed by atoms with E-state index in [2.05, 4.69) is 6.92 Å². The van der Waals surface area contributed by atoms with Gasteiger partial charge >= 0.3 is 0 Å². The lowest BCUT2D eigenvalue weighted by Crippen LogP contribution is -2.26. The number of hydrogen-bond acceptors (Lipinski definition) is 2. The van der Waals surface area contributed by atoms with Crippen molar-refractivity contribution in [3.05, 3.63) is 35.6 Å². The first-order valence-electron chi connectivity index (χ1n) is 7.32. The Hall–Kier alpha value is -0.930. The standard InChI is InChI=1S/C16H26FNO/c1-2-3-4-5-6-10-16(19)15(12-18)13-8-7-9-14(17)11-13/h7-9,11,15-16,19H,2-6,10,12,18H2,1H3. The van der Waals surface area contributed by atoms with Gasteiger partial charge in [0.25, 0.3) is 0 Å². The maximum atomic E-state index is 13.2. The molecule has 2 atom stereocenters. The molecular formula is C16H26FNO. The normalized spacial score (nSPS) is 14.3. The van der Waals surface area contributed by atoms with Gasteiger partial charge in [0.1, 0.15) is 5.82 Å². The molecule has 2 nitrogen and oxygen atoms in total. The van der Waals surface area contributed by atoms with E-state index in [0.29, 0.717) is 6.54 Å². The quantitative estimate of drug-likeness (QED) is 0.672. The summed E-state index contributed by atoms with van der Waals surface area (Å²) in [5.41, 5.74) is 6.52. The van der Waals surface area contributed by atoms with Crippen LogP contribution in [0.1, 0.15) is 56.9 Å². The van der Waals surface area contributed by atoms with Gasteiger partial charge in [-0.1, -0.05) is 51.2 Å². The van der Waals surface area contributed by atoms with Crippen LogP contribution in [0, 0.1) is 5.82 Å². The molecule has 108 valence electrons. The number of aliphatic hydroxyl groups is 1. The van der Waals surface area contributed by atoms with Gasteiger partial charge in [0.15, 0.2) is 0 Å². The summed E-state index contributed by atoms with van der Waals surface area (Å²) in [4.78, 5) is 0. The average Bonchev–Trinajstić information content (AvgIpc) is 2.39. The van der Waals surface area contributed by atoms with Crippen LogP contribution < -0.4 is 5.73 Å². The fourth-order valence-electron chi connectivity index (χ4n) is 2.41. The molecule has 0 radical (unpaired) electrons. The fraction of sp³-hybridized carbons (Fsp3) is 0.625. The van der Waals surface area contributed by atoms with Crippen molar-refractivity contribution in [3.63, 3.8) is 0 Å². The van der Waals surface area contributed by atoms with Crippen molar-refractivity contribution in [3.8, 4) is 0 Å². The van der Waals surface area contributed by atoms with Crippen molar-refractivity contribution >= 4 is 0 Å². The molecule has 1 aromatic rings. The van der Waals surface area contributed by atoms with Crippen LogP contribution in [0.25, 0.3) is 0 Å². The molecule has 3 heteroatoms. The van der Waals surface area contributed by atoms with E-state index in [1.807, 2.05) is 6.07 Å². The van der Waals surface area contributed by atoms with Crippen LogP contribution in [-0.4, -0.2) is 17.8 Å². The van der Waals surface area contributed by atoms with Gasteiger partial charge in [-0.25, -0.2) is 4.39 Å². The first-order valence-corrected chi connectivity index (χ1v) is 7.32. The predicted molar refractivity (Wildman–Crippen MR) is 77.6 cm³/mol. The average molecular weight is 267 g/mol. The minimum atomic E-state index is -0.478. The summed E-state index contributed by atoms with van der Waals surface area (Å²) < 4.78 is 13.2. The molecule has 0 spiro atoms. The van der Waals surface area contributed by atoms with Gasteiger partial charge in [0.05, 0.1) is 6.10 Å². The maximum absolute atomic E-state index is 13.2. The predicted octanol–water partition coefficient (Wildman–Crippen LogP) is 3.59. The van der Waals surface area contributed by atoms with Gasteiger partial charge in [-0.15, -0.1) is 0 Å². The van der Waals surface area contributed by atoms with Gasteiger partial charge in [-0.2, -0.15) is 0 Å². The number of nitrogens with two attached hydrogens (primary N) is 1. The zero-order chi connectivity index (χ0) is 14.1. The summed E-state index contributed by atoms with van der Waals surface area (Å²) in [6.07, 6.45) is 6.10. The minimum absolute atomic E-state index is 0.165. The van der Waals surface area contributed by atoms with Crippen molar-refractivity contribution < 1.29 is 9.50 Å². The summed E-state index contributed by atoms with van der Waals surface area (Å²) in [6.45, 7) is 2.53. The second kappa shape index (κ2) is 9.05. The number of rotatable bonds is 9. The lowest BCUT2D eigenvalue weighted by atomic mass is 9.90. The third-order valence-electron chi connectivity index (χ3n) is 3.60. The summed E-state index contributed by atoms with van der Waals surface area (Å²) in [5, 5.41) is 10.2. The molecular weight excluding hydrogens is 241 g/mol. The topological polar surface area (TPSA) is 46.2 Å². The maximum Gasteiger partial charge on any atom is 0.123 e. The molecule has 0 aliphatic carbocycles. The molecule has 1 rings (SSSR count). The van der Waals surface area contributed by atoms with Crippen molar-refractivity contribution in [1.29, 1.82) is 0 Å². The molecule has 0 aliphatic rings. The lowest BCUT2D eigenvalue weighted by Gasteiger charge is -2.22. The molecule has 0 saturated carbocycles. The Labute approximate surface area is 115 Å². The van der Waals surface area contributed by atoms with Crippen molar-refractivity contribution in [2.45, 2.75) is 57.5 Å². The zero-order valence-electron chi connectivity index (χ0n) is 11.8. The minimum Gasteiger partial charge on any atom is -0.392 e. The van der Waals surface area contributed by atoms with E-state index in [4.69, 9.17) is 5.73 Å². The fourth-order valence-corrected chi connectivity index (χ4v) is 2.41. The number of hydrogen-bond donors (Lipinski definition) is 2. The SMILES string of the molecule is CCCCCCCC(O)C(CN)c1cccc(F)c1. The van der Waals surface area contributed by atoms with Crippen LogP contribution in [0.15, 0.2) is 24.3 Å². The summed E-state index contributed by atoms with van der Waals surface area (Å²) >= 11 is 0. The molecule has 0 amide bonds. The zero-order valence-corrected chi connectivity index (χ0v) is 11.8. The molecule has 0 fully saturated rings.